The third-order valence-corrected chi connectivity index (χ3v) is 5.39. The van der Waals surface area contributed by atoms with Crippen LogP contribution in [0.5, 0.6) is 0 Å². The van der Waals surface area contributed by atoms with E-state index in [1.807, 2.05) is 12.1 Å². The molecule has 2 rings (SSSR count). The Hall–Kier alpha value is -1.11. The first-order valence-electron chi connectivity index (χ1n) is 7.62. The fraction of sp³-hybridized carbons (Fsp3) is 0.600. The molecule has 1 fully saturated rings. The van der Waals surface area contributed by atoms with Crippen molar-refractivity contribution in [2.45, 2.75) is 43.5 Å². The molecule has 5 nitrogen and oxygen atoms in total. The van der Waals surface area contributed by atoms with Crippen LogP contribution in [0.2, 0.25) is 0 Å². The number of sulfonamides is 1. The van der Waals surface area contributed by atoms with Crippen LogP contribution < -0.4 is 15.8 Å². The molecular weight excluding hydrogens is 286 g/mol. The second kappa shape index (κ2) is 7.24. The normalized spacial score (nSPS) is 16.7. The summed E-state index contributed by atoms with van der Waals surface area (Å²) in [6.07, 6.45) is 3.84. The van der Waals surface area contributed by atoms with Gasteiger partial charge in [-0.1, -0.05) is 25.5 Å². The van der Waals surface area contributed by atoms with E-state index in [1.54, 1.807) is 12.1 Å². The predicted octanol–water partition coefficient (Wildman–Crippen LogP) is 1.91. The summed E-state index contributed by atoms with van der Waals surface area (Å²) in [6, 6.07) is 7.18. The van der Waals surface area contributed by atoms with Crippen molar-refractivity contribution in [3.8, 4) is 0 Å². The van der Waals surface area contributed by atoms with Gasteiger partial charge in [-0.15, -0.1) is 0 Å². The second-order valence-electron chi connectivity index (χ2n) is 5.62. The van der Waals surface area contributed by atoms with Crippen LogP contribution in [0.4, 0.5) is 5.69 Å². The molecule has 1 aromatic carbocycles. The molecule has 0 aromatic heterocycles. The number of hydrogen-bond acceptors (Lipinski definition) is 4. The third kappa shape index (κ3) is 4.69. The molecule has 0 saturated heterocycles. The summed E-state index contributed by atoms with van der Waals surface area (Å²) in [6.45, 7) is 3.52. The Morgan fingerprint density at radius 2 is 2.05 bits per heavy atom. The zero-order chi connectivity index (χ0) is 15.3. The van der Waals surface area contributed by atoms with Gasteiger partial charge in [0.1, 0.15) is 4.90 Å². The van der Waals surface area contributed by atoms with Crippen LogP contribution in [0.25, 0.3) is 0 Å². The van der Waals surface area contributed by atoms with Crippen LogP contribution in [0.3, 0.4) is 0 Å². The maximum absolute atomic E-state index is 12.4. The Labute approximate surface area is 127 Å². The summed E-state index contributed by atoms with van der Waals surface area (Å²) in [5, 5.41) is 3.27. The minimum absolute atomic E-state index is 0.115. The van der Waals surface area contributed by atoms with Gasteiger partial charge in [0.05, 0.1) is 5.69 Å². The van der Waals surface area contributed by atoms with Gasteiger partial charge in [0.2, 0.25) is 10.0 Å². The van der Waals surface area contributed by atoms with Gasteiger partial charge in [-0.2, -0.15) is 0 Å². The highest BCUT2D eigenvalue weighted by Gasteiger charge is 2.29. The highest BCUT2D eigenvalue weighted by atomic mass is 32.2. The van der Waals surface area contributed by atoms with E-state index in [9.17, 15) is 8.42 Å². The number of rotatable bonds is 9. The summed E-state index contributed by atoms with van der Waals surface area (Å²) in [5.41, 5.74) is 6.27. The molecule has 0 heterocycles. The first-order valence-corrected chi connectivity index (χ1v) is 9.10. The maximum atomic E-state index is 12.4. The summed E-state index contributed by atoms with van der Waals surface area (Å²) >= 11 is 0. The highest BCUT2D eigenvalue weighted by Crippen LogP contribution is 2.26. The molecule has 0 radical (unpaired) electrons. The number of benzene rings is 1. The fourth-order valence-corrected chi connectivity index (χ4v) is 3.76. The van der Waals surface area contributed by atoms with Gasteiger partial charge in [-0.3, -0.25) is 0 Å². The molecule has 1 aromatic rings. The molecule has 1 aliphatic rings. The quantitative estimate of drug-likeness (QED) is 0.650. The Bertz CT molecular complexity index is 556. The van der Waals surface area contributed by atoms with Gasteiger partial charge < -0.3 is 11.1 Å². The minimum atomic E-state index is -3.43. The molecule has 1 atom stereocenters. The molecule has 0 spiro atoms. The van der Waals surface area contributed by atoms with E-state index in [-0.39, 0.29) is 6.04 Å². The largest absolute Gasteiger partial charge is 0.384 e. The molecule has 6 heteroatoms. The van der Waals surface area contributed by atoms with Crippen molar-refractivity contribution in [2.24, 2.45) is 11.7 Å². The number of nitrogens with one attached hydrogen (secondary N) is 2. The molecule has 1 unspecified atom stereocenters. The number of anilines is 1. The first kappa shape index (κ1) is 16.3. The average Bonchev–Trinajstić information content (AvgIpc) is 3.27. The SMILES string of the molecule is CCC(CCN)CNc1ccccc1S(=O)(=O)NC1CC1. The summed E-state index contributed by atoms with van der Waals surface area (Å²) in [7, 11) is -3.43. The van der Waals surface area contributed by atoms with E-state index in [0.717, 1.165) is 32.2 Å². The molecule has 1 aliphatic carbocycles. The van der Waals surface area contributed by atoms with E-state index in [0.29, 0.717) is 23.0 Å². The third-order valence-electron chi connectivity index (χ3n) is 3.81. The van der Waals surface area contributed by atoms with Gasteiger partial charge in [0.25, 0.3) is 0 Å². The van der Waals surface area contributed by atoms with Crippen molar-refractivity contribution < 1.29 is 8.42 Å². The van der Waals surface area contributed by atoms with Crippen molar-refractivity contribution in [1.82, 2.24) is 4.72 Å². The minimum Gasteiger partial charge on any atom is -0.384 e. The fourth-order valence-electron chi connectivity index (χ4n) is 2.27. The van der Waals surface area contributed by atoms with E-state index in [4.69, 9.17) is 5.73 Å². The number of hydrogen-bond donors (Lipinski definition) is 3. The van der Waals surface area contributed by atoms with Gasteiger partial charge in [0, 0.05) is 12.6 Å². The van der Waals surface area contributed by atoms with Crippen LogP contribution in [0.15, 0.2) is 29.2 Å². The monoisotopic (exact) mass is 311 g/mol. The van der Waals surface area contributed by atoms with Crippen molar-refractivity contribution >= 4 is 15.7 Å². The Morgan fingerprint density at radius 1 is 1.33 bits per heavy atom. The van der Waals surface area contributed by atoms with Crippen molar-refractivity contribution in [3.05, 3.63) is 24.3 Å². The predicted molar refractivity (Wildman–Crippen MR) is 85.7 cm³/mol. The Balaban J connectivity index is 2.09. The highest BCUT2D eigenvalue weighted by molar-refractivity contribution is 7.89. The Morgan fingerprint density at radius 3 is 2.67 bits per heavy atom. The van der Waals surface area contributed by atoms with Crippen LogP contribution in [-0.4, -0.2) is 27.5 Å². The topological polar surface area (TPSA) is 84.2 Å². The molecule has 0 bridgehead atoms. The first-order chi connectivity index (χ1) is 10.1. The van der Waals surface area contributed by atoms with Crippen molar-refractivity contribution in [1.29, 1.82) is 0 Å². The Kier molecular flexibility index (Phi) is 5.61. The molecule has 21 heavy (non-hydrogen) atoms. The van der Waals surface area contributed by atoms with E-state index in [1.165, 1.54) is 0 Å². The van der Waals surface area contributed by atoms with Crippen LogP contribution in [0.1, 0.15) is 32.6 Å². The van der Waals surface area contributed by atoms with E-state index < -0.39 is 10.0 Å². The molecule has 0 amide bonds. The summed E-state index contributed by atoms with van der Waals surface area (Å²) < 4.78 is 27.5. The molecule has 1 saturated carbocycles. The standard InChI is InChI=1S/C15H25N3O2S/c1-2-12(9-10-16)11-17-14-5-3-4-6-15(14)21(19,20)18-13-7-8-13/h3-6,12-13,17-18H,2,7-11,16H2,1H3. The smallest absolute Gasteiger partial charge is 0.242 e. The van der Waals surface area contributed by atoms with Gasteiger partial charge in [-0.05, 0) is 43.9 Å². The van der Waals surface area contributed by atoms with Crippen molar-refractivity contribution in [3.63, 3.8) is 0 Å². The second-order valence-corrected chi connectivity index (χ2v) is 7.31. The molecule has 0 aliphatic heterocycles. The van der Waals surface area contributed by atoms with E-state index in [2.05, 4.69) is 17.0 Å². The van der Waals surface area contributed by atoms with Crippen LogP contribution in [0, 0.1) is 5.92 Å². The zero-order valence-electron chi connectivity index (χ0n) is 12.5. The molecular formula is C15H25N3O2S. The van der Waals surface area contributed by atoms with Gasteiger partial charge in [-0.25, -0.2) is 13.1 Å². The van der Waals surface area contributed by atoms with E-state index >= 15 is 0 Å². The van der Waals surface area contributed by atoms with Crippen LogP contribution in [-0.2, 0) is 10.0 Å². The molecule has 118 valence electrons. The average molecular weight is 311 g/mol. The van der Waals surface area contributed by atoms with Crippen molar-refractivity contribution in [2.75, 3.05) is 18.4 Å². The van der Waals surface area contributed by atoms with Gasteiger partial charge >= 0.3 is 0 Å². The number of para-hydroxylation sites is 1. The lowest BCUT2D eigenvalue weighted by molar-refractivity contribution is 0.501. The lowest BCUT2D eigenvalue weighted by Gasteiger charge is -2.18. The lowest BCUT2D eigenvalue weighted by atomic mass is 10.0. The lowest BCUT2D eigenvalue weighted by Crippen LogP contribution is -2.27. The van der Waals surface area contributed by atoms with Gasteiger partial charge in [0.15, 0.2) is 0 Å². The zero-order valence-corrected chi connectivity index (χ0v) is 13.3. The van der Waals surface area contributed by atoms with Crippen LogP contribution >= 0.6 is 0 Å². The summed E-state index contributed by atoms with van der Waals surface area (Å²) in [4.78, 5) is 0.333. The molecule has 4 N–H and O–H groups in total. The number of nitrogens with two attached hydrogens (primary N) is 1. The summed E-state index contributed by atoms with van der Waals surface area (Å²) in [5.74, 6) is 0.460. The maximum Gasteiger partial charge on any atom is 0.242 e.